The predicted molar refractivity (Wildman–Crippen MR) is 111 cm³/mol. The number of hydrogen-bond donors (Lipinski definition) is 2. The molecule has 0 spiro atoms. The topological polar surface area (TPSA) is 84.2 Å². The van der Waals surface area contributed by atoms with Gasteiger partial charge in [-0.05, 0) is 35.4 Å². The largest absolute Gasteiger partial charge is 0.506 e. The SMILES string of the molecule is O=C(NCc1cc(F)cc(F)c1)c1c(O)c2cccnc2n(Cc2ccccc2)c1=O. The number of hydrogen-bond acceptors (Lipinski definition) is 4. The third-order valence-corrected chi connectivity index (χ3v) is 4.78. The van der Waals surface area contributed by atoms with Gasteiger partial charge in [-0.25, -0.2) is 13.8 Å². The highest BCUT2D eigenvalue weighted by atomic mass is 19.1. The van der Waals surface area contributed by atoms with Gasteiger partial charge >= 0.3 is 0 Å². The highest BCUT2D eigenvalue weighted by Gasteiger charge is 2.23. The summed E-state index contributed by atoms with van der Waals surface area (Å²) in [5.74, 6) is -2.93. The first-order valence-corrected chi connectivity index (χ1v) is 9.41. The Hall–Kier alpha value is -4.07. The van der Waals surface area contributed by atoms with Crippen LogP contribution in [0.5, 0.6) is 5.75 Å². The molecule has 0 fully saturated rings. The molecule has 0 aliphatic heterocycles. The van der Waals surface area contributed by atoms with Crippen LogP contribution in [-0.4, -0.2) is 20.6 Å². The van der Waals surface area contributed by atoms with E-state index >= 15 is 0 Å². The molecule has 1 amide bonds. The molecule has 2 aromatic carbocycles. The van der Waals surface area contributed by atoms with Crippen molar-refractivity contribution in [1.29, 1.82) is 0 Å². The molecule has 156 valence electrons. The number of amides is 1. The van der Waals surface area contributed by atoms with Crippen LogP contribution in [0.2, 0.25) is 0 Å². The number of halogens is 2. The van der Waals surface area contributed by atoms with Gasteiger partial charge in [-0.15, -0.1) is 0 Å². The minimum absolute atomic E-state index is 0.142. The Balaban J connectivity index is 1.74. The molecule has 2 heterocycles. The highest BCUT2D eigenvalue weighted by Crippen LogP contribution is 2.25. The Morgan fingerprint density at radius 1 is 1.00 bits per heavy atom. The molecule has 6 nitrogen and oxygen atoms in total. The van der Waals surface area contributed by atoms with Gasteiger partial charge in [0.25, 0.3) is 11.5 Å². The maximum Gasteiger partial charge on any atom is 0.269 e. The van der Waals surface area contributed by atoms with Gasteiger partial charge in [-0.1, -0.05) is 30.3 Å². The first-order valence-electron chi connectivity index (χ1n) is 9.41. The quantitative estimate of drug-likeness (QED) is 0.518. The second-order valence-electron chi connectivity index (χ2n) is 6.94. The number of fused-ring (bicyclic) bond motifs is 1. The first-order chi connectivity index (χ1) is 14.9. The maximum atomic E-state index is 13.4. The number of carbonyl (C=O) groups excluding carboxylic acids is 1. The average molecular weight is 421 g/mol. The third-order valence-electron chi connectivity index (χ3n) is 4.78. The molecule has 0 aliphatic rings. The molecule has 0 unspecified atom stereocenters. The van der Waals surface area contributed by atoms with Gasteiger partial charge in [-0.2, -0.15) is 0 Å². The Bertz CT molecular complexity index is 1320. The van der Waals surface area contributed by atoms with Crippen molar-refractivity contribution < 1.29 is 18.7 Å². The predicted octanol–water partition coefficient (Wildman–Crippen LogP) is 3.36. The highest BCUT2D eigenvalue weighted by molar-refractivity contribution is 6.01. The third kappa shape index (κ3) is 4.13. The summed E-state index contributed by atoms with van der Waals surface area (Å²) < 4.78 is 28.1. The van der Waals surface area contributed by atoms with Gasteiger partial charge in [0.05, 0.1) is 11.9 Å². The zero-order chi connectivity index (χ0) is 22.0. The van der Waals surface area contributed by atoms with E-state index in [1.165, 1.54) is 10.8 Å². The van der Waals surface area contributed by atoms with E-state index in [1.807, 2.05) is 30.3 Å². The van der Waals surface area contributed by atoms with Crippen molar-refractivity contribution in [3.63, 3.8) is 0 Å². The fraction of sp³-hybridized carbons (Fsp3) is 0.0870. The van der Waals surface area contributed by atoms with Gasteiger partial charge in [0, 0.05) is 18.8 Å². The first kappa shape index (κ1) is 20.2. The number of benzene rings is 2. The molecule has 31 heavy (non-hydrogen) atoms. The summed E-state index contributed by atoms with van der Waals surface area (Å²) in [6.45, 7) is -0.0843. The normalized spacial score (nSPS) is 10.9. The van der Waals surface area contributed by atoms with Gasteiger partial charge in [0.15, 0.2) is 0 Å². The fourth-order valence-electron chi connectivity index (χ4n) is 3.37. The molecular weight excluding hydrogens is 404 g/mol. The Morgan fingerprint density at radius 3 is 2.42 bits per heavy atom. The number of pyridine rings is 2. The van der Waals surface area contributed by atoms with E-state index in [9.17, 15) is 23.5 Å². The van der Waals surface area contributed by atoms with E-state index in [1.54, 1.807) is 12.1 Å². The molecule has 0 aliphatic carbocycles. The second-order valence-corrected chi connectivity index (χ2v) is 6.94. The average Bonchev–Trinajstić information content (AvgIpc) is 2.75. The van der Waals surface area contributed by atoms with Gasteiger partial charge in [0.2, 0.25) is 0 Å². The molecule has 0 saturated carbocycles. The molecule has 4 rings (SSSR count). The van der Waals surface area contributed by atoms with Crippen molar-refractivity contribution in [2.45, 2.75) is 13.1 Å². The zero-order valence-corrected chi connectivity index (χ0v) is 16.2. The van der Waals surface area contributed by atoms with E-state index in [2.05, 4.69) is 10.3 Å². The van der Waals surface area contributed by atoms with Crippen LogP contribution in [0.1, 0.15) is 21.5 Å². The molecule has 8 heteroatoms. The van der Waals surface area contributed by atoms with Crippen LogP contribution in [0.3, 0.4) is 0 Å². The lowest BCUT2D eigenvalue weighted by atomic mass is 10.1. The van der Waals surface area contributed by atoms with E-state index in [-0.39, 0.29) is 29.7 Å². The van der Waals surface area contributed by atoms with Crippen LogP contribution in [0.15, 0.2) is 71.7 Å². The Morgan fingerprint density at radius 2 is 1.71 bits per heavy atom. The molecule has 0 radical (unpaired) electrons. The summed E-state index contributed by atoms with van der Waals surface area (Å²) in [5, 5.41) is 13.3. The minimum atomic E-state index is -0.861. The van der Waals surface area contributed by atoms with Crippen LogP contribution in [0.4, 0.5) is 8.78 Å². The van der Waals surface area contributed by atoms with Crippen molar-refractivity contribution in [2.24, 2.45) is 0 Å². The minimum Gasteiger partial charge on any atom is -0.506 e. The zero-order valence-electron chi connectivity index (χ0n) is 16.2. The Labute approximate surface area is 175 Å². The number of aromatic hydroxyl groups is 1. The lowest BCUT2D eigenvalue weighted by Crippen LogP contribution is -2.33. The van der Waals surface area contributed by atoms with E-state index in [0.29, 0.717) is 0 Å². The summed E-state index contributed by atoms with van der Waals surface area (Å²) in [4.78, 5) is 30.1. The van der Waals surface area contributed by atoms with Crippen LogP contribution >= 0.6 is 0 Å². The smallest absolute Gasteiger partial charge is 0.269 e. The number of aromatic nitrogens is 2. The second kappa shape index (κ2) is 8.35. The monoisotopic (exact) mass is 421 g/mol. The molecule has 2 aromatic heterocycles. The lowest BCUT2D eigenvalue weighted by molar-refractivity contribution is 0.0946. The summed E-state index contributed by atoms with van der Waals surface area (Å²) in [6.07, 6.45) is 1.49. The van der Waals surface area contributed by atoms with Crippen LogP contribution in [0, 0.1) is 11.6 Å². The number of nitrogens with one attached hydrogen (secondary N) is 1. The van der Waals surface area contributed by atoms with E-state index in [0.717, 1.165) is 23.8 Å². The number of carbonyl (C=O) groups is 1. The van der Waals surface area contributed by atoms with Crippen molar-refractivity contribution in [3.05, 3.63) is 106 Å². The summed E-state index contributed by atoms with van der Waals surface area (Å²) in [7, 11) is 0. The van der Waals surface area contributed by atoms with Crippen molar-refractivity contribution >= 4 is 16.9 Å². The van der Waals surface area contributed by atoms with Crippen molar-refractivity contribution in [1.82, 2.24) is 14.9 Å². The van der Waals surface area contributed by atoms with Crippen LogP contribution in [-0.2, 0) is 13.1 Å². The van der Waals surface area contributed by atoms with Crippen LogP contribution < -0.4 is 10.9 Å². The van der Waals surface area contributed by atoms with E-state index < -0.39 is 34.4 Å². The number of rotatable bonds is 5. The molecule has 0 atom stereocenters. The maximum absolute atomic E-state index is 13.4. The van der Waals surface area contributed by atoms with Gasteiger partial charge < -0.3 is 10.4 Å². The number of nitrogens with zero attached hydrogens (tertiary/aromatic N) is 2. The molecule has 0 saturated heterocycles. The molecule has 2 N–H and O–H groups in total. The molecule has 4 aromatic rings. The summed E-state index contributed by atoms with van der Waals surface area (Å²) in [6, 6.07) is 15.1. The Kier molecular flexibility index (Phi) is 5.44. The van der Waals surface area contributed by atoms with Gasteiger partial charge in [-0.3, -0.25) is 14.2 Å². The standard InChI is InChI=1S/C23H17F2N3O3/c24-16-9-15(10-17(25)11-16)12-27-22(30)19-20(29)18-7-4-8-26-21(18)28(23(19)31)13-14-5-2-1-3-6-14/h1-11,29H,12-13H2,(H,27,30). The fourth-order valence-corrected chi connectivity index (χ4v) is 3.37. The summed E-state index contributed by atoms with van der Waals surface area (Å²) >= 11 is 0. The van der Waals surface area contributed by atoms with Gasteiger partial charge in [0.1, 0.15) is 28.6 Å². The lowest BCUT2D eigenvalue weighted by Gasteiger charge is -2.14. The van der Waals surface area contributed by atoms with Crippen molar-refractivity contribution in [2.75, 3.05) is 0 Å². The van der Waals surface area contributed by atoms with E-state index in [4.69, 9.17) is 0 Å². The van der Waals surface area contributed by atoms with Crippen LogP contribution in [0.25, 0.3) is 11.0 Å². The molecule has 0 bridgehead atoms. The molecular formula is C23H17F2N3O3. The van der Waals surface area contributed by atoms with Crippen molar-refractivity contribution in [3.8, 4) is 5.75 Å². The summed E-state index contributed by atoms with van der Waals surface area (Å²) in [5.41, 5.74) is 0.0302.